The number of ether oxygens (including phenoxy) is 2. The van der Waals surface area contributed by atoms with Crippen molar-refractivity contribution < 1.29 is 14.3 Å². The molecule has 1 aliphatic heterocycles. The highest BCUT2D eigenvalue weighted by Crippen LogP contribution is 2.45. The second-order valence-corrected chi connectivity index (χ2v) is 6.02. The van der Waals surface area contributed by atoms with Gasteiger partial charge < -0.3 is 15.2 Å². The molecule has 0 saturated heterocycles. The summed E-state index contributed by atoms with van der Waals surface area (Å²) in [7, 11) is 0. The Kier molecular flexibility index (Phi) is 4.05. The lowest BCUT2D eigenvalue weighted by Crippen LogP contribution is -2.27. The minimum Gasteiger partial charge on any atom is -0.462 e. The van der Waals surface area contributed by atoms with E-state index < -0.39 is 11.9 Å². The lowest BCUT2D eigenvalue weighted by atomic mass is 9.82. The van der Waals surface area contributed by atoms with Gasteiger partial charge in [-0.15, -0.1) is 0 Å². The van der Waals surface area contributed by atoms with Crippen LogP contribution in [-0.2, 0) is 9.53 Å². The van der Waals surface area contributed by atoms with Crippen molar-refractivity contribution in [3.63, 3.8) is 0 Å². The second-order valence-electron chi connectivity index (χ2n) is 6.02. The Morgan fingerprint density at radius 2 is 2.04 bits per heavy atom. The third-order valence-corrected chi connectivity index (χ3v) is 4.50. The van der Waals surface area contributed by atoms with Gasteiger partial charge in [0, 0.05) is 23.3 Å². The molecule has 0 spiro atoms. The molecule has 0 amide bonds. The van der Waals surface area contributed by atoms with E-state index in [1.54, 1.807) is 19.3 Å². The number of fused-ring (bicyclic) bond motifs is 3. The average Bonchev–Trinajstić information content (AvgIpc) is 2.67. The zero-order valence-corrected chi connectivity index (χ0v) is 14.3. The second kappa shape index (κ2) is 6.52. The molecule has 4 rings (SSSR count). The molecule has 2 heterocycles. The van der Waals surface area contributed by atoms with Gasteiger partial charge >= 0.3 is 5.97 Å². The standard InChI is InChI=1S/C21H18N2O3/c1-2-25-21(24)18-17(14-7-5-11-23-12-14)16-10-9-13-6-3-4-8-15(13)19(16)26-20(18)22/h3-12,17H,2,22H2,1H3/t17-/m1/s1. The molecule has 0 bridgehead atoms. The predicted octanol–water partition coefficient (Wildman–Crippen LogP) is 3.49. The largest absolute Gasteiger partial charge is 0.462 e. The van der Waals surface area contributed by atoms with Gasteiger partial charge in [-0.25, -0.2) is 4.79 Å². The summed E-state index contributed by atoms with van der Waals surface area (Å²) in [6.07, 6.45) is 3.43. The third-order valence-electron chi connectivity index (χ3n) is 4.50. The van der Waals surface area contributed by atoms with Crippen LogP contribution in [0, 0.1) is 0 Å². The fourth-order valence-electron chi connectivity index (χ4n) is 3.38. The summed E-state index contributed by atoms with van der Waals surface area (Å²) in [5.41, 5.74) is 8.22. The smallest absolute Gasteiger partial charge is 0.340 e. The van der Waals surface area contributed by atoms with Crippen LogP contribution in [0.2, 0.25) is 0 Å². The first-order chi connectivity index (χ1) is 12.7. The number of esters is 1. The fraction of sp³-hybridized carbons (Fsp3) is 0.143. The van der Waals surface area contributed by atoms with Crippen LogP contribution in [-0.4, -0.2) is 17.6 Å². The van der Waals surface area contributed by atoms with Crippen molar-refractivity contribution in [3.05, 3.63) is 83.5 Å². The molecule has 0 aliphatic carbocycles. The van der Waals surface area contributed by atoms with Crippen molar-refractivity contribution in [2.45, 2.75) is 12.8 Å². The SMILES string of the molecule is CCOC(=O)C1=C(N)Oc2c(ccc3ccccc23)[C@H]1c1cccnc1. The van der Waals surface area contributed by atoms with Gasteiger partial charge in [0.1, 0.15) is 11.3 Å². The van der Waals surface area contributed by atoms with E-state index in [4.69, 9.17) is 15.2 Å². The van der Waals surface area contributed by atoms with Crippen LogP contribution in [0.1, 0.15) is 24.0 Å². The van der Waals surface area contributed by atoms with E-state index in [-0.39, 0.29) is 12.5 Å². The summed E-state index contributed by atoms with van der Waals surface area (Å²) < 4.78 is 11.1. The molecule has 0 unspecified atom stereocenters. The summed E-state index contributed by atoms with van der Waals surface area (Å²) in [5, 5.41) is 1.99. The van der Waals surface area contributed by atoms with Gasteiger partial charge in [0.25, 0.3) is 0 Å². The van der Waals surface area contributed by atoms with Crippen molar-refractivity contribution in [1.29, 1.82) is 0 Å². The predicted molar refractivity (Wildman–Crippen MR) is 98.5 cm³/mol. The molecule has 1 aromatic heterocycles. The van der Waals surface area contributed by atoms with Crippen molar-refractivity contribution in [1.82, 2.24) is 4.98 Å². The number of carbonyl (C=O) groups is 1. The first-order valence-corrected chi connectivity index (χ1v) is 8.47. The first-order valence-electron chi connectivity index (χ1n) is 8.47. The highest BCUT2D eigenvalue weighted by molar-refractivity contribution is 5.96. The molecule has 0 fully saturated rings. The van der Waals surface area contributed by atoms with Crippen molar-refractivity contribution in [2.24, 2.45) is 5.73 Å². The Morgan fingerprint density at radius 3 is 2.81 bits per heavy atom. The number of rotatable bonds is 3. The van der Waals surface area contributed by atoms with Gasteiger partial charge in [-0.1, -0.05) is 42.5 Å². The van der Waals surface area contributed by atoms with Crippen molar-refractivity contribution in [3.8, 4) is 5.75 Å². The molecule has 0 radical (unpaired) electrons. The van der Waals surface area contributed by atoms with Gasteiger partial charge in [-0.2, -0.15) is 0 Å². The minimum atomic E-state index is -0.474. The number of aromatic nitrogens is 1. The maximum atomic E-state index is 12.6. The zero-order chi connectivity index (χ0) is 18.1. The summed E-state index contributed by atoms with van der Waals surface area (Å²) in [4.78, 5) is 16.8. The number of carbonyl (C=O) groups excluding carboxylic acids is 1. The van der Waals surface area contributed by atoms with Gasteiger partial charge in [0.2, 0.25) is 5.88 Å². The van der Waals surface area contributed by atoms with Gasteiger partial charge in [-0.05, 0) is 23.9 Å². The number of nitrogens with two attached hydrogens (primary N) is 1. The summed E-state index contributed by atoms with van der Waals surface area (Å²) in [6.45, 7) is 2.03. The molecule has 26 heavy (non-hydrogen) atoms. The Hall–Kier alpha value is -3.34. The molecule has 5 nitrogen and oxygen atoms in total. The highest BCUT2D eigenvalue weighted by atomic mass is 16.5. The molecule has 0 saturated carbocycles. The Bertz CT molecular complexity index is 1010. The van der Waals surface area contributed by atoms with Gasteiger partial charge in [-0.3, -0.25) is 4.98 Å². The lowest BCUT2D eigenvalue weighted by molar-refractivity contribution is -0.139. The van der Waals surface area contributed by atoms with Crippen molar-refractivity contribution >= 4 is 16.7 Å². The van der Waals surface area contributed by atoms with E-state index in [0.717, 1.165) is 21.9 Å². The van der Waals surface area contributed by atoms with Gasteiger partial charge in [0.15, 0.2) is 0 Å². The summed E-state index contributed by atoms with van der Waals surface area (Å²) in [6, 6.07) is 15.7. The maximum absolute atomic E-state index is 12.6. The van der Waals surface area contributed by atoms with E-state index in [9.17, 15) is 4.79 Å². The van der Waals surface area contributed by atoms with E-state index in [0.29, 0.717) is 11.3 Å². The first kappa shape index (κ1) is 16.1. The maximum Gasteiger partial charge on any atom is 0.340 e. The number of nitrogens with zero attached hydrogens (tertiary/aromatic N) is 1. The Morgan fingerprint density at radius 1 is 1.19 bits per heavy atom. The molecule has 1 atom stereocenters. The minimum absolute atomic E-state index is 0.0705. The molecule has 3 aromatic rings. The van der Waals surface area contributed by atoms with Crippen LogP contribution >= 0.6 is 0 Å². The highest BCUT2D eigenvalue weighted by Gasteiger charge is 2.36. The molecule has 130 valence electrons. The number of hydrogen-bond acceptors (Lipinski definition) is 5. The molecule has 2 aromatic carbocycles. The monoisotopic (exact) mass is 346 g/mol. The average molecular weight is 346 g/mol. The molecular formula is C21H18N2O3. The van der Waals surface area contributed by atoms with Crippen LogP contribution in [0.15, 0.2) is 72.4 Å². The normalized spacial score (nSPS) is 16.1. The van der Waals surface area contributed by atoms with Crippen LogP contribution in [0.3, 0.4) is 0 Å². The van der Waals surface area contributed by atoms with E-state index >= 15 is 0 Å². The summed E-state index contributed by atoms with van der Waals surface area (Å²) >= 11 is 0. The fourth-order valence-corrected chi connectivity index (χ4v) is 3.38. The van der Waals surface area contributed by atoms with E-state index in [1.807, 2.05) is 48.5 Å². The Balaban J connectivity index is 1.97. The zero-order valence-electron chi connectivity index (χ0n) is 14.3. The van der Waals surface area contributed by atoms with E-state index in [1.165, 1.54) is 0 Å². The number of benzene rings is 2. The van der Waals surface area contributed by atoms with Crippen LogP contribution < -0.4 is 10.5 Å². The third kappa shape index (κ3) is 2.58. The number of pyridine rings is 1. The van der Waals surface area contributed by atoms with Crippen LogP contribution in [0.5, 0.6) is 5.75 Å². The number of hydrogen-bond donors (Lipinski definition) is 1. The topological polar surface area (TPSA) is 74.4 Å². The van der Waals surface area contributed by atoms with Crippen molar-refractivity contribution in [2.75, 3.05) is 6.61 Å². The summed E-state index contributed by atoms with van der Waals surface area (Å²) in [5.74, 6) is -0.127. The van der Waals surface area contributed by atoms with Crippen LogP contribution in [0.25, 0.3) is 10.8 Å². The molecule has 2 N–H and O–H groups in total. The molecular weight excluding hydrogens is 328 g/mol. The lowest BCUT2D eigenvalue weighted by Gasteiger charge is -2.29. The molecule has 1 aliphatic rings. The Labute approximate surface area is 151 Å². The van der Waals surface area contributed by atoms with Gasteiger partial charge in [0.05, 0.1) is 12.5 Å². The molecule has 5 heteroatoms. The van der Waals surface area contributed by atoms with E-state index in [2.05, 4.69) is 4.98 Å². The van der Waals surface area contributed by atoms with Crippen LogP contribution in [0.4, 0.5) is 0 Å². The quantitative estimate of drug-likeness (QED) is 0.735.